The lowest BCUT2D eigenvalue weighted by atomic mass is 9.92. The number of rotatable bonds is 5. The van der Waals surface area contributed by atoms with E-state index in [-0.39, 0.29) is 6.04 Å². The highest BCUT2D eigenvalue weighted by molar-refractivity contribution is 5.51. The molecule has 2 aromatic rings. The quantitative estimate of drug-likeness (QED) is 0.914. The molecule has 1 N–H and O–H groups in total. The molecule has 1 aliphatic heterocycles. The molecule has 5 heteroatoms. The van der Waals surface area contributed by atoms with E-state index in [9.17, 15) is 0 Å². The zero-order valence-corrected chi connectivity index (χ0v) is 14.6. The molecule has 3 rings (SSSR count). The molecule has 128 valence electrons. The molecule has 5 nitrogen and oxygen atoms in total. The minimum absolute atomic E-state index is 0.0844. The standard InChI is InChI=1S/C19H25N3O2/c1-14-13-21-8-7-15(14)19(22-11-9-20-10-12-22)18-16(23-2)5-4-6-17(18)24-3/h4-8,13,19-20H,9-12H2,1-3H3. The number of hydrogen-bond acceptors (Lipinski definition) is 5. The summed E-state index contributed by atoms with van der Waals surface area (Å²) in [7, 11) is 3.43. The minimum atomic E-state index is 0.0844. The Morgan fingerprint density at radius 1 is 1.08 bits per heavy atom. The first-order valence-electron chi connectivity index (χ1n) is 8.32. The summed E-state index contributed by atoms with van der Waals surface area (Å²) in [4.78, 5) is 6.74. The van der Waals surface area contributed by atoms with Gasteiger partial charge in [-0.1, -0.05) is 6.07 Å². The summed E-state index contributed by atoms with van der Waals surface area (Å²) < 4.78 is 11.4. The predicted molar refractivity (Wildman–Crippen MR) is 94.8 cm³/mol. The zero-order valence-electron chi connectivity index (χ0n) is 14.6. The van der Waals surface area contributed by atoms with E-state index in [2.05, 4.69) is 28.2 Å². The Kier molecular flexibility index (Phi) is 5.33. The van der Waals surface area contributed by atoms with Gasteiger partial charge in [0.05, 0.1) is 25.8 Å². The molecule has 2 heterocycles. The van der Waals surface area contributed by atoms with E-state index >= 15 is 0 Å². The lowest BCUT2D eigenvalue weighted by Gasteiger charge is -2.37. The molecule has 1 aromatic heterocycles. The lowest BCUT2D eigenvalue weighted by molar-refractivity contribution is 0.191. The molecule has 1 atom stereocenters. The highest BCUT2D eigenvalue weighted by atomic mass is 16.5. The summed E-state index contributed by atoms with van der Waals surface area (Å²) in [5.74, 6) is 1.71. The topological polar surface area (TPSA) is 46.6 Å². The molecule has 0 bridgehead atoms. The van der Waals surface area contributed by atoms with Crippen LogP contribution in [0.5, 0.6) is 11.5 Å². The molecule has 1 aromatic carbocycles. The molecule has 0 aliphatic carbocycles. The highest BCUT2D eigenvalue weighted by Gasteiger charge is 2.30. The average molecular weight is 327 g/mol. The van der Waals surface area contributed by atoms with Gasteiger partial charge in [-0.25, -0.2) is 0 Å². The van der Waals surface area contributed by atoms with Crippen molar-refractivity contribution in [3.8, 4) is 11.5 Å². The van der Waals surface area contributed by atoms with Crippen LogP contribution in [0.15, 0.2) is 36.7 Å². The molecular formula is C19H25N3O2. The maximum absolute atomic E-state index is 5.68. The second-order valence-electron chi connectivity index (χ2n) is 6.00. The first-order chi connectivity index (χ1) is 11.8. The third-order valence-electron chi connectivity index (χ3n) is 4.61. The van der Waals surface area contributed by atoms with Gasteiger partial charge in [0.15, 0.2) is 0 Å². The van der Waals surface area contributed by atoms with Gasteiger partial charge in [0.1, 0.15) is 11.5 Å². The third-order valence-corrected chi connectivity index (χ3v) is 4.61. The Hall–Kier alpha value is -2.11. The van der Waals surface area contributed by atoms with Crippen LogP contribution >= 0.6 is 0 Å². The van der Waals surface area contributed by atoms with E-state index in [0.29, 0.717) is 0 Å². The molecule has 0 radical (unpaired) electrons. The number of pyridine rings is 1. The van der Waals surface area contributed by atoms with Crippen molar-refractivity contribution in [2.75, 3.05) is 40.4 Å². The van der Waals surface area contributed by atoms with Crippen molar-refractivity contribution in [3.63, 3.8) is 0 Å². The SMILES string of the molecule is COc1cccc(OC)c1C(c1ccncc1C)N1CCNCC1. The second-order valence-corrected chi connectivity index (χ2v) is 6.00. The molecule has 1 unspecified atom stereocenters. The fraction of sp³-hybridized carbons (Fsp3) is 0.421. The molecule has 1 saturated heterocycles. The van der Waals surface area contributed by atoms with Gasteiger partial charge >= 0.3 is 0 Å². The van der Waals surface area contributed by atoms with E-state index in [4.69, 9.17) is 9.47 Å². The number of piperazine rings is 1. The van der Waals surface area contributed by atoms with Crippen molar-refractivity contribution in [1.29, 1.82) is 0 Å². The van der Waals surface area contributed by atoms with Crippen LogP contribution in [0.2, 0.25) is 0 Å². The Bertz CT molecular complexity index is 662. The summed E-state index contributed by atoms with van der Waals surface area (Å²) >= 11 is 0. The van der Waals surface area contributed by atoms with Gasteiger partial charge < -0.3 is 14.8 Å². The molecule has 0 amide bonds. The number of benzene rings is 1. The molecule has 0 saturated carbocycles. The van der Waals surface area contributed by atoms with Gasteiger partial charge in [0.25, 0.3) is 0 Å². The van der Waals surface area contributed by atoms with Crippen LogP contribution in [-0.2, 0) is 0 Å². The van der Waals surface area contributed by atoms with Gasteiger partial charge in [-0.05, 0) is 36.2 Å². The lowest BCUT2D eigenvalue weighted by Crippen LogP contribution is -2.45. The summed E-state index contributed by atoms with van der Waals surface area (Å²) in [6.07, 6.45) is 3.78. The third kappa shape index (κ3) is 3.23. The first kappa shape index (κ1) is 16.7. The molecular weight excluding hydrogens is 302 g/mol. The summed E-state index contributed by atoms with van der Waals surface area (Å²) in [6.45, 7) is 6.04. The number of aryl methyl sites for hydroxylation is 1. The van der Waals surface area contributed by atoms with Crippen molar-refractivity contribution >= 4 is 0 Å². The van der Waals surface area contributed by atoms with Crippen LogP contribution in [0.3, 0.4) is 0 Å². The van der Waals surface area contributed by atoms with Gasteiger partial charge in [-0.15, -0.1) is 0 Å². The Morgan fingerprint density at radius 2 is 1.75 bits per heavy atom. The van der Waals surface area contributed by atoms with E-state index in [1.807, 2.05) is 30.6 Å². The molecule has 1 fully saturated rings. The van der Waals surface area contributed by atoms with Crippen LogP contribution in [-0.4, -0.2) is 50.3 Å². The molecule has 24 heavy (non-hydrogen) atoms. The summed E-state index contributed by atoms with van der Waals surface area (Å²) in [6, 6.07) is 8.16. The predicted octanol–water partition coefficient (Wildman–Crippen LogP) is 2.40. The fourth-order valence-corrected chi connectivity index (χ4v) is 3.42. The van der Waals surface area contributed by atoms with Gasteiger partial charge in [-0.3, -0.25) is 9.88 Å². The minimum Gasteiger partial charge on any atom is -0.496 e. The van der Waals surface area contributed by atoms with Crippen LogP contribution in [0.4, 0.5) is 0 Å². The van der Waals surface area contributed by atoms with Crippen LogP contribution in [0, 0.1) is 6.92 Å². The van der Waals surface area contributed by atoms with Crippen molar-refractivity contribution in [1.82, 2.24) is 15.2 Å². The van der Waals surface area contributed by atoms with Gasteiger partial charge in [-0.2, -0.15) is 0 Å². The van der Waals surface area contributed by atoms with Gasteiger partial charge in [0, 0.05) is 38.6 Å². The van der Waals surface area contributed by atoms with Crippen molar-refractivity contribution in [3.05, 3.63) is 53.3 Å². The van der Waals surface area contributed by atoms with E-state index in [0.717, 1.165) is 43.2 Å². The monoisotopic (exact) mass is 327 g/mol. The average Bonchev–Trinajstić information content (AvgIpc) is 2.64. The van der Waals surface area contributed by atoms with Crippen LogP contribution in [0.1, 0.15) is 22.7 Å². The highest BCUT2D eigenvalue weighted by Crippen LogP contribution is 2.41. The van der Waals surface area contributed by atoms with E-state index in [1.54, 1.807) is 14.2 Å². The van der Waals surface area contributed by atoms with Crippen LogP contribution in [0.25, 0.3) is 0 Å². The van der Waals surface area contributed by atoms with E-state index < -0.39 is 0 Å². The fourth-order valence-electron chi connectivity index (χ4n) is 3.42. The number of aromatic nitrogens is 1. The summed E-state index contributed by atoms with van der Waals surface area (Å²) in [5, 5.41) is 3.43. The van der Waals surface area contributed by atoms with Crippen molar-refractivity contribution in [2.24, 2.45) is 0 Å². The van der Waals surface area contributed by atoms with Crippen molar-refractivity contribution < 1.29 is 9.47 Å². The zero-order chi connectivity index (χ0) is 16.9. The van der Waals surface area contributed by atoms with Crippen LogP contribution < -0.4 is 14.8 Å². The smallest absolute Gasteiger partial charge is 0.127 e. The first-order valence-corrected chi connectivity index (χ1v) is 8.32. The molecule has 0 spiro atoms. The normalized spacial score (nSPS) is 16.6. The summed E-state index contributed by atoms with van der Waals surface area (Å²) in [5.41, 5.74) is 3.50. The Balaban J connectivity index is 2.17. The van der Waals surface area contributed by atoms with Crippen molar-refractivity contribution in [2.45, 2.75) is 13.0 Å². The largest absolute Gasteiger partial charge is 0.496 e. The maximum atomic E-state index is 5.68. The van der Waals surface area contributed by atoms with E-state index in [1.165, 1.54) is 11.1 Å². The number of nitrogens with one attached hydrogen (secondary N) is 1. The van der Waals surface area contributed by atoms with Gasteiger partial charge in [0.2, 0.25) is 0 Å². The number of methoxy groups -OCH3 is 2. The molecule has 1 aliphatic rings. The Labute approximate surface area is 143 Å². The maximum Gasteiger partial charge on any atom is 0.127 e. The number of ether oxygens (including phenoxy) is 2. The Morgan fingerprint density at radius 3 is 2.33 bits per heavy atom. The number of hydrogen-bond donors (Lipinski definition) is 1. The number of nitrogens with zero attached hydrogens (tertiary/aromatic N) is 2. The second kappa shape index (κ2) is 7.64.